The second-order valence-electron chi connectivity index (χ2n) is 6.06. The normalized spacial score (nSPS) is 22.5. The van der Waals surface area contributed by atoms with Crippen LogP contribution in [0.2, 0.25) is 0 Å². The van der Waals surface area contributed by atoms with Crippen molar-refractivity contribution in [2.45, 2.75) is 53.4 Å². The topological polar surface area (TPSA) is 0 Å². The molecule has 0 N–H and O–H groups in total. The van der Waals surface area contributed by atoms with Crippen LogP contribution in [0.5, 0.6) is 0 Å². The summed E-state index contributed by atoms with van der Waals surface area (Å²) in [5.74, 6) is 0.677. The molecule has 3 rings (SSSR count). The largest absolute Gasteiger partial charge is 0.0810 e. The highest BCUT2D eigenvalue weighted by atomic mass is 14.4. The summed E-state index contributed by atoms with van der Waals surface area (Å²) in [5.41, 5.74) is 7.80. The van der Waals surface area contributed by atoms with Gasteiger partial charge in [-0.1, -0.05) is 65.0 Å². The third-order valence-corrected chi connectivity index (χ3v) is 4.34. The Morgan fingerprint density at radius 3 is 2.53 bits per heavy atom. The van der Waals surface area contributed by atoms with E-state index in [-0.39, 0.29) is 5.41 Å². The van der Waals surface area contributed by atoms with Crippen molar-refractivity contribution in [2.75, 3.05) is 0 Å². The fourth-order valence-electron chi connectivity index (χ4n) is 3.59. The monoisotopic (exact) mass is 254 g/mol. The van der Waals surface area contributed by atoms with E-state index in [2.05, 4.69) is 58.0 Å². The lowest BCUT2D eigenvalue weighted by Crippen LogP contribution is -2.18. The van der Waals surface area contributed by atoms with Gasteiger partial charge in [-0.15, -0.1) is 0 Å². The maximum absolute atomic E-state index is 2.36. The minimum absolute atomic E-state index is 0.187. The molecule has 1 aromatic carbocycles. The first-order chi connectivity index (χ1) is 9.01. The van der Waals surface area contributed by atoms with Crippen LogP contribution in [0.15, 0.2) is 35.9 Å². The Kier molecular flexibility index (Phi) is 3.71. The molecule has 2 aliphatic rings. The first kappa shape index (κ1) is 14.1. The second-order valence-corrected chi connectivity index (χ2v) is 6.06. The SMILES string of the molecule is CC.Cc1cccc2c1C(C)(C)C1=C2CC(C)C=C1. The van der Waals surface area contributed by atoms with E-state index in [4.69, 9.17) is 0 Å². The molecule has 102 valence electrons. The summed E-state index contributed by atoms with van der Waals surface area (Å²) in [6.45, 7) is 13.3. The molecule has 0 fully saturated rings. The van der Waals surface area contributed by atoms with Crippen LogP contribution in [0, 0.1) is 12.8 Å². The van der Waals surface area contributed by atoms with Crippen LogP contribution in [0.1, 0.15) is 57.7 Å². The van der Waals surface area contributed by atoms with Crippen molar-refractivity contribution in [3.63, 3.8) is 0 Å². The molecule has 1 unspecified atom stereocenters. The van der Waals surface area contributed by atoms with Gasteiger partial charge >= 0.3 is 0 Å². The van der Waals surface area contributed by atoms with Gasteiger partial charge in [-0.3, -0.25) is 0 Å². The number of allylic oxidation sites excluding steroid dienone is 4. The number of benzene rings is 1. The Hall–Kier alpha value is -1.30. The molecule has 0 heterocycles. The van der Waals surface area contributed by atoms with Crippen LogP contribution in [0.25, 0.3) is 5.57 Å². The van der Waals surface area contributed by atoms with Crippen molar-refractivity contribution in [2.24, 2.45) is 5.92 Å². The van der Waals surface area contributed by atoms with Gasteiger partial charge in [-0.2, -0.15) is 0 Å². The van der Waals surface area contributed by atoms with Gasteiger partial charge in [-0.05, 0) is 47.1 Å². The quantitative estimate of drug-likeness (QED) is 0.560. The van der Waals surface area contributed by atoms with Crippen LogP contribution < -0.4 is 0 Å². The van der Waals surface area contributed by atoms with Crippen molar-refractivity contribution in [3.05, 3.63) is 52.6 Å². The summed E-state index contributed by atoms with van der Waals surface area (Å²) < 4.78 is 0. The van der Waals surface area contributed by atoms with Crippen molar-refractivity contribution >= 4 is 5.57 Å². The molecule has 19 heavy (non-hydrogen) atoms. The van der Waals surface area contributed by atoms with Gasteiger partial charge in [0.15, 0.2) is 0 Å². The third kappa shape index (κ3) is 2.08. The number of fused-ring (bicyclic) bond motifs is 2. The maximum Gasteiger partial charge on any atom is 0.0158 e. The number of hydrogen-bond donors (Lipinski definition) is 0. The third-order valence-electron chi connectivity index (χ3n) is 4.34. The molecular weight excluding hydrogens is 228 g/mol. The lowest BCUT2D eigenvalue weighted by molar-refractivity contribution is 0.639. The standard InChI is InChI=1S/C17H20.C2H6/c1-11-8-9-15-14(10-11)13-7-5-6-12(2)16(13)17(15,3)4;1-2/h5-9,11H,10H2,1-4H3;1-2H3. The highest BCUT2D eigenvalue weighted by Crippen LogP contribution is 2.51. The van der Waals surface area contributed by atoms with Crippen molar-refractivity contribution in [1.82, 2.24) is 0 Å². The first-order valence-corrected chi connectivity index (χ1v) is 7.54. The van der Waals surface area contributed by atoms with Gasteiger partial charge in [0.25, 0.3) is 0 Å². The zero-order valence-corrected chi connectivity index (χ0v) is 13.2. The molecule has 1 aromatic rings. The average Bonchev–Trinajstić information content (AvgIpc) is 2.61. The van der Waals surface area contributed by atoms with Gasteiger partial charge < -0.3 is 0 Å². The van der Waals surface area contributed by atoms with Gasteiger partial charge in [0, 0.05) is 5.41 Å². The lowest BCUT2D eigenvalue weighted by atomic mass is 9.78. The van der Waals surface area contributed by atoms with Gasteiger partial charge in [0.2, 0.25) is 0 Å². The Balaban J connectivity index is 0.000000637. The molecule has 0 heteroatoms. The molecule has 0 radical (unpaired) electrons. The van der Waals surface area contributed by atoms with Crippen LogP contribution in [0.4, 0.5) is 0 Å². The summed E-state index contributed by atoms with van der Waals surface area (Å²) >= 11 is 0. The summed E-state index contributed by atoms with van der Waals surface area (Å²) in [7, 11) is 0. The zero-order chi connectivity index (χ0) is 14.2. The van der Waals surface area contributed by atoms with Gasteiger partial charge in [0.1, 0.15) is 0 Å². The summed E-state index contributed by atoms with van der Waals surface area (Å²) in [6.07, 6.45) is 5.93. The lowest BCUT2D eigenvalue weighted by Gasteiger charge is -2.26. The molecular formula is C19H26. The number of rotatable bonds is 0. The highest BCUT2D eigenvalue weighted by Gasteiger charge is 2.38. The van der Waals surface area contributed by atoms with E-state index in [1.807, 2.05) is 13.8 Å². The number of hydrogen-bond acceptors (Lipinski definition) is 0. The Labute approximate surface area is 118 Å². The Morgan fingerprint density at radius 1 is 1.16 bits per heavy atom. The van der Waals surface area contributed by atoms with Crippen LogP contribution in [-0.2, 0) is 5.41 Å². The predicted octanol–water partition coefficient (Wildman–Crippen LogP) is 5.66. The van der Waals surface area contributed by atoms with Gasteiger partial charge in [-0.25, -0.2) is 0 Å². The molecule has 0 saturated heterocycles. The second kappa shape index (κ2) is 5.00. The molecule has 0 bridgehead atoms. The fraction of sp³-hybridized carbons (Fsp3) is 0.474. The van der Waals surface area contributed by atoms with Crippen LogP contribution in [0.3, 0.4) is 0 Å². The average molecular weight is 254 g/mol. The van der Waals surface area contributed by atoms with E-state index in [0.29, 0.717) is 5.92 Å². The van der Waals surface area contributed by atoms with E-state index >= 15 is 0 Å². The van der Waals surface area contributed by atoms with E-state index in [1.54, 1.807) is 16.7 Å². The molecule has 0 nitrogen and oxygen atoms in total. The van der Waals surface area contributed by atoms with E-state index in [0.717, 1.165) is 0 Å². The molecule has 0 aliphatic heterocycles. The van der Waals surface area contributed by atoms with Crippen molar-refractivity contribution < 1.29 is 0 Å². The summed E-state index contributed by atoms with van der Waals surface area (Å²) in [5, 5.41) is 0. The Morgan fingerprint density at radius 2 is 1.84 bits per heavy atom. The smallest absolute Gasteiger partial charge is 0.0158 e. The van der Waals surface area contributed by atoms with Crippen LogP contribution in [-0.4, -0.2) is 0 Å². The molecule has 2 aliphatic carbocycles. The minimum atomic E-state index is 0.187. The summed E-state index contributed by atoms with van der Waals surface area (Å²) in [4.78, 5) is 0. The van der Waals surface area contributed by atoms with Crippen LogP contribution >= 0.6 is 0 Å². The Bertz CT molecular complexity index is 541. The number of aryl methyl sites for hydroxylation is 1. The molecule has 0 amide bonds. The first-order valence-electron chi connectivity index (χ1n) is 7.54. The molecule has 0 aromatic heterocycles. The fourth-order valence-corrected chi connectivity index (χ4v) is 3.59. The van der Waals surface area contributed by atoms with Crippen molar-refractivity contribution in [3.8, 4) is 0 Å². The minimum Gasteiger partial charge on any atom is -0.0810 e. The van der Waals surface area contributed by atoms with E-state index in [1.165, 1.54) is 17.5 Å². The highest BCUT2D eigenvalue weighted by molar-refractivity contribution is 5.84. The maximum atomic E-state index is 2.36. The van der Waals surface area contributed by atoms with Gasteiger partial charge in [0.05, 0.1) is 0 Å². The molecule has 0 saturated carbocycles. The predicted molar refractivity (Wildman–Crippen MR) is 85.4 cm³/mol. The van der Waals surface area contributed by atoms with Crippen molar-refractivity contribution in [1.29, 1.82) is 0 Å². The molecule has 0 spiro atoms. The van der Waals surface area contributed by atoms with E-state index < -0.39 is 0 Å². The van der Waals surface area contributed by atoms with E-state index in [9.17, 15) is 0 Å². The summed E-state index contributed by atoms with van der Waals surface area (Å²) in [6, 6.07) is 6.74. The zero-order valence-electron chi connectivity index (χ0n) is 13.2. The molecule has 1 atom stereocenters.